The molecule has 5 nitrogen and oxygen atoms in total. The monoisotopic (exact) mass is 446 g/mol. The van der Waals surface area contributed by atoms with Crippen molar-refractivity contribution in [1.82, 2.24) is 10.3 Å². The summed E-state index contributed by atoms with van der Waals surface area (Å²) in [7, 11) is 0. The quantitative estimate of drug-likeness (QED) is 0.412. The molecule has 0 aliphatic rings. The van der Waals surface area contributed by atoms with Gasteiger partial charge in [0.05, 0.1) is 12.7 Å². The minimum atomic E-state index is -0.805. The first-order valence-corrected chi connectivity index (χ1v) is 10.6. The summed E-state index contributed by atoms with van der Waals surface area (Å²) >= 11 is 12.4. The van der Waals surface area contributed by atoms with Gasteiger partial charge in [0, 0.05) is 34.5 Å². The highest BCUT2D eigenvalue weighted by Crippen LogP contribution is 2.30. The van der Waals surface area contributed by atoms with Gasteiger partial charge in [0.1, 0.15) is 5.76 Å². The zero-order valence-corrected chi connectivity index (χ0v) is 18.2. The van der Waals surface area contributed by atoms with E-state index in [9.17, 15) is 4.79 Å². The average Bonchev–Trinajstić information content (AvgIpc) is 3.20. The number of aryl methyl sites for hydroxylation is 1. The summed E-state index contributed by atoms with van der Waals surface area (Å²) in [5, 5.41) is 13.8. The first-order valence-electron chi connectivity index (χ1n) is 9.87. The van der Waals surface area contributed by atoms with E-state index in [2.05, 4.69) is 10.3 Å². The van der Waals surface area contributed by atoms with Crippen LogP contribution in [-0.2, 0) is 24.2 Å². The van der Waals surface area contributed by atoms with E-state index in [1.165, 1.54) is 0 Å². The molecule has 0 saturated carbocycles. The number of nitrogens with zero attached hydrogens (tertiary/aromatic N) is 1. The molecule has 0 aliphatic heterocycles. The summed E-state index contributed by atoms with van der Waals surface area (Å²) in [5.41, 5.74) is 2.97. The molecule has 1 unspecified atom stereocenters. The van der Waals surface area contributed by atoms with E-state index in [1.807, 2.05) is 37.3 Å². The lowest BCUT2D eigenvalue weighted by Crippen LogP contribution is -2.31. The standard InChI is InChI=1S/C23H24Cl2N2O3/c1-2-22-27-14-19(30-22)13-26-18(8-10-23(28)29)11-15-3-5-16(6-4-15)20-12-17(24)7-9-21(20)25/h3-7,9,12,14,18,26H,2,8,10-11,13H2,1H3,(H,28,29). The average molecular weight is 447 g/mol. The van der Waals surface area contributed by atoms with Crippen LogP contribution in [0.25, 0.3) is 11.1 Å². The van der Waals surface area contributed by atoms with Gasteiger partial charge < -0.3 is 14.8 Å². The molecule has 158 valence electrons. The Morgan fingerprint density at radius 2 is 1.97 bits per heavy atom. The highest BCUT2D eigenvalue weighted by molar-refractivity contribution is 6.35. The number of rotatable bonds is 10. The zero-order valence-electron chi connectivity index (χ0n) is 16.7. The van der Waals surface area contributed by atoms with E-state index in [4.69, 9.17) is 32.7 Å². The van der Waals surface area contributed by atoms with Gasteiger partial charge in [0.15, 0.2) is 5.89 Å². The summed E-state index contributed by atoms with van der Waals surface area (Å²) in [6.45, 7) is 2.49. The molecule has 0 radical (unpaired) electrons. The molecule has 7 heteroatoms. The molecule has 1 aromatic heterocycles. The van der Waals surface area contributed by atoms with Crippen LogP contribution in [0.4, 0.5) is 0 Å². The van der Waals surface area contributed by atoms with Gasteiger partial charge in [-0.1, -0.05) is 54.4 Å². The predicted octanol–water partition coefficient (Wildman–Crippen LogP) is 5.78. The van der Waals surface area contributed by atoms with Crippen molar-refractivity contribution in [2.75, 3.05) is 0 Å². The van der Waals surface area contributed by atoms with Crippen LogP contribution in [0.3, 0.4) is 0 Å². The van der Waals surface area contributed by atoms with Gasteiger partial charge in [-0.15, -0.1) is 0 Å². The Labute approximate surface area is 186 Å². The number of benzene rings is 2. The summed E-state index contributed by atoms with van der Waals surface area (Å²) in [5.74, 6) is 0.642. The normalized spacial score (nSPS) is 12.1. The smallest absolute Gasteiger partial charge is 0.303 e. The van der Waals surface area contributed by atoms with Gasteiger partial charge in [-0.25, -0.2) is 4.98 Å². The van der Waals surface area contributed by atoms with E-state index >= 15 is 0 Å². The molecule has 0 saturated heterocycles. The lowest BCUT2D eigenvalue weighted by atomic mass is 9.98. The fourth-order valence-corrected chi connectivity index (χ4v) is 3.63. The summed E-state index contributed by atoms with van der Waals surface area (Å²) in [4.78, 5) is 15.3. The number of aliphatic carboxylic acids is 1. The van der Waals surface area contributed by atoms with E-state index in [-0.39, 0.29) is 12.5 Å². The third-order valence-corrected chi connectivity index (χ3v) is 5.42. The molecule has 0 spiro atoms. The minimum absolute atomic E-state index is 0.00288. The maximum Gasteiger partial charge on any atom is 0.303 e. The van der Waals surface area contributed by atoms with Crippen molar-refractivity contribution in [1.29, 1.82) is 0 Å². The van der Waals surface area contributed by atoms with Crippen LogP contribution < -0.4 is 5.32 Å². The first kappa shape index (κ1) is 22.3. The molecule has 0 amide bonds. The zero-order chi connectivity index (χ0) is 21.5. The molecule has 30 heavy (non-hydrogen) atoms. The molecule has 3 rings (SSSR count). The fraction of sp³-hybridized carbons (Fsp3) is 0.304. The van der Waals surface area contributed by atoms with Crippen molar-refractivity contribution < 1.29 is 14.3 Å². The Balaban J connectivity index is 1.68. The van der Waals surface area contributed by atoms with E-state index in [0.29, 0.717) is 35.3 Å². The van der Waals surface area contributed by atoms with Crippen LogP contribution in [0, 0.1) is 0 Å². The van der Waals surface area contributed by atoms with Gasteiger partial charge in [-0.2, -0.15) is 0 Å². The number of carboxylic acid groups (broad SMARTS) is 1. The Morgan fingerprint density at radius 1 is 1.20 bits per heavy atom. The van der Waals surface area contributed by atoms with Crippen LogP contribution in [-0.4, -0.2) is 22.1 Å². The maximum atomic E-state index is 11.1. The van der Waals surface area contributed by atoms with Gasteiger partial charge in [0.25, 0.3) is 0 Å². The van der Waals surface area contributed by atoms with Gasteiger partial charge >= 0.3 is 5.97 Å². The first-order chi connectivity index (χ1) is 14.4. The van der Waals surface area contributed by atoms with Crippen molar-refractivity contribution in [2.45, 2.75) is 45.2 Å². The number of aromatic nitrogens is 1. The molecule has 2 aromatic carbocycles. The molecule has 2 N–H and O–H groups in total. The minimum Gasteiger partial charge on any atom is -0.481 e. The molecule has 3 aromatic rings. The Bertz CT molecular complexity index is 986. The van der Waals surface area contributed by atoms with Crippen molar-refractivity contribution in [3.63, 3.8) is 0 Å². The third-order valence-electron chi connectivity index (χ3n) is 4.85. The summed E-state index contributed by atoms with van der Waals surface area (Å²) < 4.78 is 5.63. The second kappa shape index (κ2) is 10.6. The number of halogens is 2. The van der Waals surface area contributed by atoms with E-state index in [1.54, 1.807) is 18.3 Å². The van der Waals surface area contributed by atoms with Crippen molar-refractivity contribution in [3.05, 3.63) is 75.9 Å². The molecular weight excluding hydrogens is 423 g/mol. The van der Waals surface area contributed by atoms with Crippen LogP contribution in [0.1, 0.15) is 37.0 Å². The topological polar surface area (TPSA) is 75.4 Å². The molecular formula is C23H24Cl2N2O3. The molecule has 1 atom stereocenters. The number of hydrogen-bond donors (Lipinski definition) is 2. The van der Waals surface area contributed by atoms with E-state index < -0.39 is 5.97 Å². The largest absolute Gasteiger partial charge is 0.481 e. The van der Waals surface area contributed by atoms with Crippen LogP contribution in [0.15, 0.2) is 53.1 Å². The van der Waals surface area contributed by atoms with Crippen LogP contribution in [0.2, 0.25) is 10.0 Å². The SMILES string of the molecule is CCc1ncc(CNC(CCC(=O)O)Cc2ccc(-c3cc(Cl)ccc3Cl)cc2)o1. The predicted molar refractivity (Wildman–Crippen MR) is 119 cm³/mol. The van der Waals surface area contributed by atoms with Gasteiger partial charge in [-0.3, -0.25) is 4.79 Å². The summed E-state index contributed by atoms with van der Waals surface area (Å²) in [6.07, 6.45) is 3.77. The number of oxazole rings is 1. The second-order valence-corrected chi connectivity index (χ2v) is 7.95. The lowest BCUT2D eigenvalue weighted by molar-refractivity contribution is -0.137. The van der Waals surface area contributed by atoms with Gasteiger partial charge in [-0.05, 0) is 42.2 Å². The number of carbonyl (C=O) groups is 1. The molecule has 0 aliphatic carbocycles. The van der Waals surface area contributed by atoms with Crippen molar-refractivity contribution >= 4 is 29.2 Å². The Kier molecular flexibility index (Phi) is 7.91. The fourth-order valence-electron chi connectivity index (χ4n) is 3.24. The molecule has 0 fully saturated rings. The highest BCUT2D eigenvalue weighted by atomic mass is 35.5. The number of carboxylic acids is 1. The number of hydrogen-bond acceptors (Lipinski definition) is 4. The van der Waals surface area contributed by atoms with Crippen LogP contribution in [0.5, 0.6) is 0 Å². The molecule has 0 bridgehead atoms. The Morgan fingerprint density at radius 3 is 2.63 bits per heavy atom. The highest BCUT2D eigenvalue weighted by Gasteiger charge is 2.14. The lowest BCUT2D eigenvalue weighted by Gasteiger charge is -2.18. The summed E-state index contributed by atoms with van der Waals surface area (Å²) in [6, 6.07) is 13.5. The maximum absolute atomic E-state index is 11.1. The third kappa shape index (κ3) is 6.33. The van der Waals surface area contributed by atoms with Crippen LogP contribution >= 0.6 is 23.2 Å². The Hall–Kier alpha value is -2.34. The van der Waals surface area contributed by atoms with Gasteiger partial charge in [0.2, 0.25) is 0 Å². The van der Waals surface area contributed by atoms with Crippen molar-refractivity contribution in [3.8, 4) is 11.1 Å². The van der Waals surface area contributed by atoms with Crippen molar-refractivity contribution in [2.24, 2.45) is 0 Å². The molecule has 1 heterocycles. The van der Waals surface area contributed by atoms with E-state index in [0.717, 1.165) is 28.9 Å². The second-order valence-electron chi connectivity index (χ2n) is 7.11. The number of nitrogens with one attached hydrogen (secondary N) is 1.